The fourth-order valence-corrected chi connectivity index (χ4v) is 5.34. The van der Waals surface area contributed by atoms with Crippen LogP contribution in [0.3, 0.4) is 0 Å². The second-order valence-electron chi connectivity index (χ2n) is 6.65. The van der Waals surface area contributed by atoms with Crippen LogP contribution in [0.15, 0.2) is 35.7 Å². The maximum Gasteiger partial charge on any atom is 0.265 e. The predicted molar refractivity (Wildman–Crippen MR) is 117 cm³/mol. The number of nitrogens with zero attached hydrogens (tertiary/aromatic N) is 1. The van der Waals surface area contributed by atoms with Gasteiger partial charge in [0.2, 0.25) is 5.91 Å². The molecule has 1 aromatic carbocycles. The Labute approximate surface area is 179 Å². The molecule has 3 rings (SSSR count). The summed E-state index contributed by atoms with van der Waals surface area (Å²) in [5, 5.41) is 4.58. The average Bonchev–Trinajstić information content (AvgIpc) is 3.43. The first-order chi connectivity index (χ1) is 14.1. The third-order valence-corrected chi connectivity index (χ3v) is 6.97. The van der Waals surface area contributed by atoms with Crippen molar-refractivity contribution in [2.24, 2.45) is 0 Å². The number of methoxy groups -OCH3 is 2. The highest BCUT2D eigenvalue weighted by Gasteiger charge is 2.43. The van der Waals surface area contributed by atoms with Crippen LogP contribution in [0.1, 0.15) is 40.4 Å². The number of carbonyl (C=O) groups excluding carboxylic acids is 2. The number of thiophene rings is 1. The SMILES string of the molecule is CCCCNC(=O)C1CSC(c2ccc(OC)c(OC)c2)N1C(=O)c1cccs1. The van der Waals surface area contributed by atoms with E-state index in [1.807, 2.05) is 29.6 Å². The zero-order valence-corrected chi connectivity index (χ0v) is 18.5. The van der Waals surface area contributed by atoms with Crippen molar-refractivity contribution in [3.05, 3.63) is 46.2 Å². The number of hydrogen-bond acceptors (Lipinski definition) is 6. The lowest BCUT2D eigenvalue weighted by Crippen LogP contribution is -2.48. The van der Waals surface area contributed by atoms with E-state index in [1.165, 1.54) is 11.3 Å². The Balaban J connectivity index is 1.91. The van der Waals surface area contributed by atoms with Crippen molar-refractivity contribution in [3.63, 3.8) is 0 Å². The van der Waals surface area contributed by atoms with Gasteiger partial charge in [0.15, 0.2) is 11.5 Å². The molecule has 1 aliphatic heterocycles. The highest BCUT2D eigenvalue weighted by molar-refractivity contribution is 7.99. The summed E-state index contributed by atoms with van der Waals surface area (Å²) >= 11 is 2.98. The standard InChI is InChI=1S/C21H26N2O4S2/c1-4-5-10-22-19(24)15-13-29-21(23(15)20(25)18-7-6-11-28-18)14-8-9-16(26-2)17(12-14)27-3/h6-9,11-12,15,21H,4-5,10,13H2,1-3H3,(H,22,24). The second kappa shape index (κ2) is 10.0. The number of rotatable bonds is 8. The van der Waals surface area contributed by atoms with Gasteiger partial charge < -0.3 is 19.7 Å². The quantitative estimate of drug-likeness (QED) is 0.638. The molecule has 1 aliphatic rings. The number of amides is 2. The van der Waals surface area contributed by atoms with Gasteiger partial charge in [-0.2, -0.15) is 0 Å². The minimum atomic E-state index is -0.510. The molecule has 0 spiro atoms. The zero-order chi connectivity index (χ0) is 20.8. The number of nitrogens with one attached hydrogen (secondary N) is 1. The first kappa shape index (κ1) is 21.5. The van der Waals surface area contributed by atoms with E-state index >= 15 is 0 Å². The summed E-state index contributed by atoms with van der Waals surface area (Å²) in [7, 11) is 3.17. The summed E-state index contributed by atoms with van der Waals surface area (Å²) in [6.45, 7) is 2.70. The largest absolute Gasteiger partial charge is 0.493 e. The molecule has 2 atom stereocenters. The number of carbonyl (C=O) groups is 2. The van der Waals surface area contributed by atoms with Gasteiger partial charge in [-0.1, -0.05) is 25.5 Å². The van der Waals surface area contributed by atoms with E-state index in [0.717, 1.165) is 18.4 Å². The van der Waals surface area contributed by atoms with E-state index in [0.29, 0.717) is 28.7 Å². The summed E-state index contributed by atoms with van der Waals surface area (Å²) in [6.07, 6.45) is 1.93. The molecule has 6 nitrogen and oxygen atoms in total. The van der Waals surface area contributed by atoms with Gasteiger partial charge in [-0.3, -0.25) is 9.59 Å². The summed E-state index contributed by atoms with van der Waals surface area (Å²) < 4.78 is 10.8. The molecule has 0 radical (unpaired) electrons. The molecule has 29 heavy (non-hydrogen) atoms. The van der Waals surface area contributed by atoms with Crippen LogP contribution in [0.4, 0.5) is 0 Å². The van der Waals surface area contributed by atoms with Crippen molar-refractivity contribution in [2.45, 2.75) is 31.2 Å². The molecular weight excluding hydrogens is 408 g/mol. The monoisotopic (exact) mass is 434 g/mol. The maximum absolute atomic E-state index is 13.3. The van der Waals surface area contributed by atoms with Gasteiger partial charge in [0.1, 0.15) is 11.4 Å². The summed E-state index contributed by atoms with van der Waals surface area (Å²) in [4.78, 5) is 28.5. The Morgan fingerprint density at radius 3 is 2.66 bits per heavy atom. The van der Waals surface area contributed by atoms with Crippen LogP contribution in [0, 0.1) is 0 Å². The van der Waals surface area contributed by atoms with E-state index in [2.05, 4.69) is 12.2 Å². The number of benzene rings is 1. The van der Waals surface area contributed by atoms with Crippen LogP contribution < -0.4 is 14.8 Å². The maximum atomic E-state index is 13.3. The number of hydrogen-bond donors (Lipinski definition) is 1. The van der Waals surface area contributed by atoms with Crippen molar-refractivity contribution < 1.29 is 19.1 Å². The zero-order valence-electron chi connectivity index (χ0n) is 16.8. The molecule has 2 heterocycles. The fraction of sp³-hybridized carbons (Fsp3) is 0.429. The molecule has 0 saturated carbocycles. The Morgan fingerprint density at radius 2 is 2.00 bits per heavy atom. The third-order valence-electron chi connectivity index (χ3n) is 4.79. The van der Waals surface area contributed by atoms with Gasteiger partial charge in [0.05, 0.1) is 19.1 Å². The number of ether oxygens (including phenoxy) is 2. The lowest BCUT2D eigenvalue weighted by Gasteiger charge is -2.29. The van der Waals surface area contributed by atoms with Crippen molar-refractivity contribution >= 4 is 34.9 Å². The normalized spacial score (nSPS) is 18.5. The van der Waals surface area contributed by atoms with Crippen molar-refractivity contribution in [1.29, 1.82) is 0 Å². The van der Waals surface area contributed by atoms with Crippen LogP contribution >= 0.6 is 23.1 Å². The smallest absolute Gasteiger partial charge is 0.265 e. The number of unbranched alkanes of at least 4 members (excludes halogenated alkanes) is 1. The van der Waals surface area contributed by atoms with E-state index < -0.39 is 6.04 Å². The van der Waals surface area contributed by atoms with Crippen LogP contribution in [-0.4, -0.2) is 49.3 Å². The van der Waals surface area contributed by atoms with Crippen LogP contribution in [0.2, 0.25) is 0 Å². The highest BCUT2D eigenvalue weighted by Crippen LogP contribution is 2.44. The van der Waals surface area contributed by atoms with Gasteiger partial charge in [-0.25, -0.2) is 0 Å². The molecular formula is C21H26N2O4S2. The van der Waals surface area contributed by atoms with Gasteiger partial charge >= 0.3 is 0 Å². The molecule has 0 bridgehead atoms. The minimum Gasteiger partial charge on any atom is -0.493 e. The lowest BCUT2D eigenvalue weighted by molar-refractivity contribution is -0.124. The first-order valence-corrected chi connectivity index (χ1v) is 11.5. The van der Waals surface area contributed by atoms with Crippen LogP contribution in [0.25, 0.3) is 0 Å². The Hall–Kier alpha value is -2.19. The predicted octanol–water partition coefficient (Wildman–Crippen LogP) is 3.94. The lowest BCUT2D eigenvalue weighted by atomic mass is 10.1. The number of thioether (sulfide) groups is 1. The van der Waals surface area contributed by atoms with Crippen LogP contribution in [0.5, 0.6) is 11.5 Å². The molecule has 8 heteroatoms. The fourth-order valence-electron chi connectivity index (χ4n) is 3.25. The van der Waals surface area contributed by atoms with E-state index in [9.17, 15) is 9.59 Å². The van der Waals surface area contributed by atoms with Crippen molar-refractivity contribution in [1.82, 2.24) is 10.2 Å². The van der Waals surface area contributed by atoms with Gasteiger partial charge in [-0.15, -0.1) is 23.1 Å². The molecule has 1 saturated heterocycles. The summed E-state index contributed by atoms with van der Waals surface area (Å²) in [5.74, 6) is 1.56. The van der Waals surface area contributed by atoms with Gasteiger partial charge in [-0.05, 0) is 35.6 Å². The van der Waals surface area contributed by atoms with Crippen molar-refractivity contribution in [2.75, 3.05) is 26.5 Å². The minimum absolute atomic E-state index is 0.0983. The molecule has 156 valence electrons. The average molecular weight is 435 g/mol. The second-order valence-corrected chi connectivity index (χ2v) is 8.71. The Morgan fingerprint density at radius 1 is 1.21 bits per heavy atom. The van der Waals surface area contributed by atoms with E-state index in [4.69, 9.17) is 9.47 Å². The molecule has 2 aromatic rings. The topological polar surface area (TPSA) is 67.9 Å². The molecule has 1 N–H and O–H groups in total. The molecule has 0 aliphatic carbocycles. The summed E-state index contributed by atoms with van der Waals surface area (Å²) in [6, 6.07) is 8.77. The van der Waals surface area contributed by atoms with Crippen LogP contribution in [-0.2, 0) is 4.79 Å². The summed E-state index contributed by atoms with van der Waals surface area (Å²) in [5.41, 5.74) is 0.904. The molecule has 2 unspecified atom stereocenters. The van der Waals surface area contributed by atoms with E-state index in [-0.39, 0.29) is 17.2 Å². The van der Waals surface area contributed by atoms with Gasteiger partial charge in [0.25, 0.3) is 5.91 Å². The first-order valence-electron chi connectivity index (χ1n) is 9.58. The Bertz CT molecular complexity index is 841. The van der Waals surface area contributed by atoms with Gasteiger partial charge in [0, 0.05) is 12.3 Å². The molecule has 1 aromatic heterocycles. The molecule has 1 fully saturated rings. The Kier molecular flexibility index (Phi) is 7.44. The van der Waals surface area contributed by atoms with Crippen molar-refractivity contribution in [3.8, 4) is 11.5 Å². The third kappa shape index (κ3) is 4.70. The van der Waals surface area contributed by atoms with E-state index in [1.54, 1.807) is 36.9 Å². The molecule has 2 amide bonds. The highest BCUT2D eigenvalue weighted by atomic mass is 32.2.